The molecule has 0 aromatic heterocycles. The lowest BCUT2D eigenvalue weighted by molar-refractivity contribution is -0.149. The highest BCUT2D eigenvalue weighted by atomic mass is 32.2. The first kappa shape index (κ1) is 25.9. The summed E-state index contributed by atoms with van der Waals surface area (Å²) >= 11 is 0.777. The van der Waals surface area contributed by atoms with Crippen LogP contribution in [0.1, 0.15) is 61.6 Å². The Bertz CT molecular complexity index is 839. The summed E-state index contributed by atoms with van der Waals surface area (Å²) in [6.45, 7) is 0. The molecule has 0 aliphatic heterocycles. The summed E-state index contributed by atoms with van der Waals surface area (Å²) in [5.41, 5.74) is 3.25. The van der Waals surface area contributed by atoms with Crippen LogP contribution in [0.3, 0.4) is 0 Å². The average molecular weight is 459 g/mol. The van der Waals surface area contributed by atoms with E-state index >= 15 is 0 Å². The number of carboxylic acid groups (broad SMARTS) is 2. The molecule has 2 aromatic rings. The number of benzene rings is 2. The number of unbranched alkanes of at least 4 members (excludes halogenated alkanes) is 5. The van der Waals surface area contributed by atoms with E-state index in [2.05, 4.69) is 24.3 Å². The van der Waals surface area contributed by atoms with E-state index in [9.17, 15) is 19.8 Å². The van der Waals surface area contributed by atoms with Gasteiger partial charge in [0.2, 0.25) is 4.93 Å². The minimum atomic E-state index is -2.02. The molecule has 5 nitrogen and oxygen atoms in total. The van der Waals surface area contributed by atoms with Crippen molar-refractivity contribution in [2.45, 2.75) is 69.1 Å². The first-order valence-corrected chi connectivity index (χ1v) is 12.3. The highest BCUT2D eigenvalue weighted by Crippen LogP contribution is 2.30. The smallest absolute Gasteiger partial charge is 0.346 e. The molecule has 0 spiro atoms. The fraction of sp³-hybridized carbons (Fsp3) is 0.462. The van der Waals surface area contributed by atoms with Gasteiger partial charge in [-0.25, -0.2) is 4.79 Å². The van der Waals surface area contributed by atoms with Crippen molar-refractivity contribution in [3.63, 3.8) is 0 Å². The zero-order chi connectivity index (χ0) is 23.2. The minimum Gasteiger partial charge on any atom is -0.481 e. The molecule has 0 aliphatic rings. The summed E-state index contributed by atoms with van der Waals surface area (Å²) in [4.78, 5) is 20.4. The lowest BCUT2D eigenvalue weighted by Gasteiger charge is -2.24. The molecule has 0 unspecified atom stereocenters. The standard InChI is InChI=1S/C26H34O5S/c27-24(28)18-19-32-26(31,25(29)30)20-23-17-11-10-16-22(23)15-9-4-2-1-3-6-12-21-13-7-5-8-14-21/h5,7-8,10-11,13-14,16-17,31H,1-4,6,9,12,15,18-20H2,(H,27,28)(H,29,30)/t26-/m1/s1. The highest BCUT2D eigenvalue weighted by Gasteiger charge is 2.37. The second kappa shape index (κ2) is 14.0. The van der Waals surface area contributed by atoms with Crippen molar-refractivity contribution in [1.82, 2.24) is 0 Å². The third-order valence-electron chi connectivity index (χ3n) is 5.54. The molecule has 0 saturated heterocycles. The van der Waals surface area contributed by atoms with E-state index in [1.165, 1.54) is 31.2 Å². The molecule has 6 heteroatoms. The molecule has 2 rings (SSSR count). The van der Waals surface area contributed by atoms with Crippen LogP contribution in [0.15, 0.2) is 54.6 Å². The van der Waals surface area contributed by atoms with Gasteiger partial charge >= 0.3 is 11.9 Å². The van der Waals surface area contributed by atoms with Gasteiger partial charge in [-0.2, -0.15) is 0 Å². The van der Waals surface area contributed by atoms with Crippen LogP contribution in [0, 0.1) is 0 Å². The number of aryl methyl sites for hydroxylation is 2. The summed E-state index contributed by atoms with van der Waals surface area (Å²) in [5.74, 6) is -2.30. The maximum absolute atomic E-state index is 11.7. The number of hydrogen-bond acceptors (Lipinski definition) is 4. The Balaban J connectivity index is 1.74. The van der Waals surface area contributed by atoms with Gasteiger partial charge in [0.05, 0.1) is 6.42 Å². The van der Waals surface area contributed by atoms with Crippen molar-refractivity contribution in [3.05, 3.63) is 71.3 Å². The number of hydrogen-bond donors (Lipinski definition) is 3. The molecule has 0 radical (unpaired) electrons. The van der Waals surface area contributed by atoms with Gasteiger partial charge < -0.3 is 15.3 Å². The van der Waals surface area contributed by atoms with Crippen molar-refractivity contribution in [3.8, 4) is 0 Å². The van der Waals surface area contributed by atoms with E-state index in [0.717, 1.165) is 48.6 Å². The molecular weight excluding hydrogens is 424 g/mol. The number of thioether (sulfide) groups is 1. The van der Waals surface area contributed by atoms with Gasteiger partial charge in [0.25, 0.3) is 0 Å². The van der Waals surface area contributed by atoms with E-state index in [0.29, 0.717) is 0 Å². The maximum Gasteiger partial charge on any atom is 0.346 e. The average Bonchev–Trinajstić information content (AvgIpc) is 2.77. The second-order valence-electron chi connectivity index (χ2n) is 8.13. The lowest BCUT2D eigenvalue weighted by atomic mass is 9.96. The molecule has 0 bridgehead atoms. The largest absolute Gasteiger partial charge is 0.481 e. The number of aliphatic hydroxyl groups is 1. The van der Waals surface area contributed by atoms with Crippen LogP contribution in [0.5, 0.6) is 0 Å². The fourth-order valence-corrected chi connectivity index (χ4v) is 4.72. The zero-order valence-electron chi connectivity index (χ0n) is 18.5. The summed E-state index contributed by atoms with van der Waals surface area (Å²) in [6, 6.07) is 18.2. The zero-order valence-corrected chi connectivity index (χ0v) is 19.4. The number of rotatable bonds is 16. The van der Waals surface area contributed by atoms with Gasteiger partial charge in [-0.1, -0.05) is 80.3 Å². The van der Waals surface area contributed by atoms with Gasteiger partial charge in [0.15, 0.2) is 0 Å². The molecule has 0 heterocycles. The normalized spacial score (nSPS) is 12.9. The Kier molecular flexibility index (Phi) is 11.3. The van der Waals surface area contributed by atoms with Crippen LogP contribution in [0.4, 0.5) is 0 Å². The first-order valence-electron chi connectivity index (χ1n) is 11.3. The molecule has 2 aromatic carbocycles. The van der Waals surface area contributed by atoms with Gasteiger partial charge in [-0.05, 0) is 42.4 Å². The van der Waals surface area contributed by atoms with Crippen LogP contribution in [0.2, 0.25) is 0 Å². The molecule has 32 heavy (non-hydrogen) atoms. The topological polar surface area (TPSA) is 94.8 Å². The Morgan fingerprint density at radius 3 is 1.94 bits per heavy atom. The third-order valence-corrected chi connectivity index (χ3v) is 6.75. The molecule has 3 N–H and O–H groups in total. The van der Waals surface area contributed by atoms with Gasteiger partial charge in [0, 0.05) is 12.2 Å². The van der Waals surface area contributed by atoms with Crippen molar-refractivity contribution in [2.75, 3.05) is 5.75 Å². The van der Waals surface area contributed by atoms with E-state index in [4.69, 9.17) is 5.11 Å². The lowest BCUT2D eigenvalue weighted by Crippen LogP contribution is -2.38. The van der Waals surface area contributed by atoms with Crippen LogP contribution in [-0.4, -0.2) is 37.9 Å². The SMILES string of the molecule is O=C(O)CCS[C@](O)(Cc1ccccc1CCCCCCCCc1ccccc1)C(=O)O. The minimum absolute atomic E-state index is 0.0394. The number of aliphatic carboxylic acids is 2. The molecule has 0 amide bonds. The molecule has 0 saturated carbocycles. The van der Waals surface area contributed by atoms with Crippen molar-refractivity contribution in [1.29, 1.82) is 0 Å². The van der Waals surface area contributed by atoms with E-state index in [-0.39, 0.29) is 18.6 Å². The van der Waals surface area contributed by atoms with Crippen LogP contribution >= 0.6 is 11.8 Å². The first-order chi connectivity index (χ1) is 15.4. The van der Waals surface area contributed by atoms with Gasteiger partial charge in [-0.15, -0.1) is 11.8 Å². The third kappa shape index (κ3) is 9.45. The quantitative estimate of drug-likeness (QED) is 0.232. The van der Waals surface area contributed by atoms with Crippen LogP contribution in [0.25, 0.3) is 0 Å². The Labute approximate surface area is 194 Å². The van der Waals surface area contributed by atoms with Crippen LogP contribution in [-0.2, 0) is 28.9 Å². The summed E-state index contributed by atoms with van der Waals surface area (Å²) in [6.07, 6.45) is 8.72. The predicted molar refractivity (Wildman–Crippen MR) is 129 cm³/mol. The van der Waals surface area contributed by atoms with E-state index < -0.39 is 16.9 Å². The number of carbonyl (C=O) groups is 2. The number of carboxylic acids is 2. The fourth-order valence-electron chi connectivity index (χ4n) is 3.72. The van der Waals surface area contributed by atoms with Crippen molar-refractivity contribution < 1.29 is 24.9 Å². The highest BCUT2D eigenvalue weighted by molar-refractivity contribution is 8.01. The van der Waals surface area contributed by atoms with Gasteiger partial charge in [0.1, 0.15) is 0 Å². The predicted octanol–water partition coefficient (Wildman–Crippen LogP) is 5.34. The Morgan fingerprint density at radius 1 is 0.750 bits per heavy atom. The Morgan fingerprint density at radius 2 is 1.31 bits per heavy atom. The monoisotopic (exact) mass is 458 g/mol. The van der Waals surface area contributed by atoms with E-state index in [1.807, 2.05) is 30.3 Å². The molecule has 0 aliphatic carbocycles. The molecular formula is C26H34O5S. The summed E-state index contributed by atoms with van der Waals surface area (Å²) in [5, 5.41) is 28.9. The molecule has 174 valence electrons. The maximum atomic E-state index is 11.7. The molecule has 1 atom stereocenters. The summed E-state index contributed by atoms with van der Waals surface area (Å²) < 4.78 is 0. The van der Waals surface area contributed by atoms with E-state index in [1.54, 1.807) is 0 Å². The van der Waals surface area contributed by atoms with Crippen molar-refractivity contribution in [2.24, 2.45) is 0 Å². The second-order valence-corrected chi connectivity index (χ2v) is 9.51. The van der Waals surface area contributed by atoms with Crippen molar-refractivity contribution >= 4 is 23.7 Å². The summed E-state index contributed by atoms with van der Waals surface area (Å²) in [7, 11) is 0. The van der Waals surface area contributed by atoms with Crippen LogP contribution < -0.4 is 0 Å². The molecule has 0 fully saturated rings. The Hall–Kier alpha value is -2.31. The van der Waals surface area contributed by atoms with Gasteiger partial charge in [-0.3, -0.25) is 4.79 Å².